The van der Waals surface area contributed by atoms with Crippen LogP contribution in [-0.2, 0) is 38.4 Å². The SMILES string of the molecule is CC1=C(CC(=O)OCc2cccc(CO[N+](=O)[O-])n2)c2cc(F)ccc2/C1=C\c1ccc(S(C)=O)cc1.O=[N+]([O-])O. The van der Waals surface area contributed by atoms with Gasteiger partial charge in [-0.2, -0.15) is 0 Å². The molecular weight excluding hydrogens is 561 g/mol. The van der Waals surface area contributed by atoms with Gasteiger partial charge in [0.15, 0.2) is 0 Å². The largest absolute Gasteiger partial charge is 0.459 e. The molecule has 41 heavy (non-hydrogen) atoms. The van der Waals surface area contributed by atoms with E-state index in [1.165, 1.54) is 12.1 Å². The number of ether oxygens (including phenoxy) is 1. The van der Waals surface area contributed by atoms with Gasteiger partial charge in [-0.1, -0.05) is 24.3 Å². The second-order valence-electron chi connectivity index (χ2n) is 8.57. The average Bonchev–Trinajstić information content (AvgIpc) is 3.16. The summed E-state index contributed by atoms with van der Waals surface area (Å²) in [5, 5.41) is 23.1. The molecule has 1 N–H and O–H groups in total. The minimum Gasteiger partial charge on any atom is -0.459 e. The van der Waals surface area contributed by atoms with E-state index in [-0.39, 0.29) is 19.6 Å². The molecule has 14 heteroatoms. The zero-order valence-electron chi connectivity index (χ0n) is 21.8. The fourth-order valence-electron chi connectivity index (χ4n) is 4.06. The summed E-state index contributed by atoms with van der Waals surface area (Å²) in [6.07, 6.45) is 3.50. The zero-order chi connectivity index (χ0) is 30.1. The molecule has 1 aromatic heterocycles. The highest BCUT2D eigenvalue weighted by molar-refractivity contribution is 7.84. The van der Waals surface area contributed by atoms with Gasteiger partial charge in [0.1, 0.15) is 19.0 Å². The van der Waals surface area contributed by atoms with E-state index in [0.29, 0.717) is 22.5 Å². The highest BCUT2D eigenvalue weighted by Gasteiger charge is 2.26. The molecule has 0 aliphatic heterocycles. The first-order valence-corrected chi connectivity index (χ1v) is 13.4. The lowest BCUT2D eigenvalue weighted by Gasteiger charge is -2.08. The van der Waals surface area contributed by atoms with Crippen LogP contribution in [0.25, 0.3) is 17.2 Å². The lowest BCUT2D eigenvalue weighted by atomic mass is 10.0. The van der Waals surface area contributed by atoms with E-state index in [0.717, 1.165) is 27.2 Å². The van der Waals surface area contributed by atoms with E-state index in [4.69, 9.17) is 20.1 Å². The van der Waals surface area contributed by atoms with Gasteiger partial charge in [0, 0.05) is 22.0 Å². The first-order chi connectivity index (χ1) is 19.4. The summed E-state index contributed by atoms with van der Waals surface area (Å²) in [4.78, 5) is 40.7. The Morgan fingerprint density at radius 3 is 2.29 bits per heavy atom. The predicted molar refractivity (Wildman–Crippen MR) is 145 cm³/mol. The average molecular weight is 586 g/mol. The minimum atomic E-state index is -1.50. The normalized spacial score (nSPS) is 13.6. The highest BCUT2D eigenvalue weighted by atomic mass is 32.2. The number of halogens is 1. The van der Waals surface area contributed by atoms with Crippen LogP contribution in [0.1, 0.15) is 41.4 Å². The van der Waals surface area contributed by atoms with Gasteiger partial charge >= 0.3 is 5.97 Å². The minimum absolute atomic E-state index is 0.0719. The Kier molecular flexibility index (Phi) is 10.4. The molecule has 214 valence electrons. The smallest absolute Gasteiger partial charge is 0.310 e. The number of rotatable bonds is 9. The maximum absolute atomic E-state index is 14.1. The molecule has 0 radical (unpaired) electrons. The zero-order valence-corrected chi connectivity index (χ0v) is 22.6. The number of esters is 1. The number of hydrogen-bond donors (Lipinski definition) is 1. The van der Waals surface area contributed by atoms with Gasteiger partial charge in [0.25, 0.3) is 10.2 Å². The van der Waals surface area contributed by atoms with Crippen molar-refractivity contribution in [2.75, 3.05) is 6.26 Å². The molecule has 4 rings (SSSR count). The number of carbonyl (C=O) groups is 1. The van der Waals surface area contributed by atoms with Crippen LogP contribution >= 0.6 is 0 Å². The summed E-state index contributed by atoms with van der Waals surface area (Å²) in [6.45, 7) is 1.45. The second kappa shape index (κ2) is 13.9. The third-order valence-corrected chi connectivity index (χ3v) is 6.80. The number of allylic oxidation sites excluding steroid dienone is 2. The molecule has 3 aromatic rings. The number of pyridine rings is 1. The van der Waals surface area contributed by atoms with Gasteiger partial charge in [-0.25, -0.2) is 4.39 Å². The molecule has 1 heterocycles. The Labute approximate surface area is 235 Å². The van der Waals surface area contributed by atoms with Crippen LogP contribution in [0.5, 0.6) is 0 Å². The van der Waals surface area contributed by atoms with Crippen molar-refractivity contribution in [2.45, 2.75) is 31.5 Å². The van der Waals surface area contributed by atoms with E-state index in [1.54, 1.807) is 42.7 Å². The quantitative estimate of drug-likeness (QED) is 0.209. The molecule has 0 amide bonds. The summed E-state index contributed by atoms with van der Waals surface area (Å²) in [7, 11) is -1.08. The van der Waals surface area contributed by atoms with Gasteiger partial charge in [0.05, 0.1) is 17.8 Å². The maximum atomic E-state index is 14.1. The third-order valence-electron chi connectivity index (χ3n) is 5.86. The molecule has 0 fully saturated rings. The van der Waals surface area contributed by atoms with Crippen LogP contribution in [0.3, 0.4) is 0 Å². The van der Waals surface area contributed by atoms with Crippen molar-refractivity contribution < 1.29 is 38.3 Å². The first kappa shape index (κ1) is 30.6. The van der Waals surface area contributed by atoms with Gasteiger partial charge < -0.3 is 14.8 Å². The molecule has 1 aliphatic rings. The van der Waals surface area contributed by atoms with Gasteiger partial charge in [-0.3, -0.25) is 14.0 Å². The Morgan fingerprint density at radius 1 is 1.05 bits per heavy atom. The second-order valence-corrected chi connectivity index (χ2v) is 9.95. The first-order valence-electron chi connectivity index (χ1n) is 11.8. The lowest BCUT2D eigenvalue weighted by molar-refractivity contribution is -0.763. The topological polar surface area (TPSA) is 172 Å². The fourth-order valence-corrected chi connectivity index (χ4v) is 4.58. The van der Waals surface area contributed by atoms with Crippen molar-refractivity contribution >= 4 is 34.0 Å². The Balaban J connectivity index is 0.00000108. The van der Waals surface area contributed by atoms with Crippen LogP contribution in [0.4, 0.5) is 4.39 Å². The Morgan fingerprint density at radius 2 is 1.68 bits per heavy atom. The van der Waals surface area contributed by atoms with E-state index >= 15 is 0 Å². The molecule has 1 unspecified atom stereocenters. The van der Waals surface area contributed by atoms with Crippen molar-refractivity contribution in [1.29, 1.82) is 0 Å². The monoisotopic (exact) mass is 585 g/mol. The van der Waals surface area contributed by atoms with Crippen molar-refractivity contribution in [2.24, 2.45) is 0 Å². The highest BCUT2D eigenvalue weighted by Crippen LogP contribution is 2.44. The van der Waals surface area contributed by atoms with Crippen molar-refractivity contribution in [3.8, 4) is 0 Å². The maximum Gasteiger partial charge on any atom is 0.310 e. The van der Waals surface area contributed by atoms with E-state index in [1.807, 2.05) is 25.1 Å². The van der Waals surface area contributed by atoms with Gasteiger partial charge in [-0.15, -0.1) is 20.2 Å². The van der Waals surface area contributed by atoms with E-state index in [2.05, 4.69) is 9.82 Å². The van der Waals surface area contributed by atoms with Crippen LogP contribution in [0.2, 0.25) is 0 Å². The Bertz CT molecular complexity index is 1550. The lowest BCUT2D eigenvalue weighted by Crippen LogP contribution is -2.08. The van der Waals surface area contributed by atoms with E-state index in [9.17, 15) is 23.5 Å². The molecule has 12 nitrogen and oxygen atoms in total. The number of nitrogens with zero attached hydrogens (tertiary/aromatic N) is 3. The van der Waals surface area contributed by atoms with Gasteiger partial charge in [-0.05, 0) is 82.8 Å². The van der Waals surface area contributed by atoms with Crippen molar-refractivity contribution in [1.82, 2.24) is 4.98 Å². The van der Waals surface area contributed by atoms with Gasteiger partial charge in [0.2, 0.25) is 0 Å². The predicted octanol–water partition coefficient (Wildman–Crippen LogP) is 4.78. The number of aromatic nitrogens is 1. The number of benzene rings is 2. The molecule has 0 spiro atoms. The standard InChI is InChI=1S/C27H23FN2O6S.HNO3/c1-17-24(12-18-6-9-22(10-7-18)37(2)34)23-11-8-19(28)13-26(23)25(17)14-27(31)35-15-20-4-3-5-21(29-20)16-36-30(32)33;2-1(3)4/h3-13H,14-16H2,1-2H3;(H,2,3,4)/b24-12-;. The number of fused-ring (bicyclic) bond motifs is 1. The van der Waals surface area contributed by atoms with Crippen LogP contribution in [-0.4, -0.2) is 36.8 Å². The Hall–Kier alpha value is -4.98. The number of hydrogen-bond acceptors (Lipinski definition) is 9. The summed E-state index contributed by atoms with van der Waals surface area (Å²) < 4.78 is 31.2. The molecular formula is C27H24FN3O9S. The summed E-state index contributed by atoms with van der Waals surface area (Å²) in [5.74, 6) is -0.930. The summed E-state index contributed by atoms with van der Waals surface area (Å²) >= 11 is 0. The molecule has 0 bridgehead atoms. The van der Waals surface area contributed by atoms with Crippen LogP contribution in [0, 0.1) is 26.0 Å². The third kappa shape index (κ3) is 8.76. The number of carbonyl (C=O) groups excluding carboxylic acids is 1. The molecule has 0 saturated carbocycles. The fraction of sp³-hybridized carbons (Fsp3) is 0.185. The van der Waals surface area contributed by atoms with Crippen molar-refractivity contribution in [3.63, 3.8) is 0 Å². The molecule has 2 aromatic carbocycles. The summed E-state index contributed by atoms with van der Waals surface area (Å²) in [6, 6.07) is 16.6. The molecule has 1 atom stereocenters. The molecule has 1 aliphatic carbocycles. The summed E-state index contributed by atoms with van der Waals surface area (Å²) in [5.41, 5.74) is 5.43. The molecule has 0 saturated heterocycles. The van der Waals surface area contributed by atoms with E-state index < -0.39 is 32.8 Å². The van der Waals surface area contributed by atoms with Crippen molar-refractivity contribution in [3.05, 3.63) is 120 Å². The van der Waals surface area contributed by atoms with Crippen LogP contribution < -0.4 is 0 Å². The van der Waals surface area contributed by atoms with Crippen LogP contribution in [0.15, 0.2) is 71.1 Å².